The number of hydrogen-bond acceptors (Lipinski definition) is 3. The van der Waals surface area contributed by atoms with Crippen LogP contribution in [-0.4, -0.2) is 6.85 Å². The molecule has 0 atom stereocenters. The second kappa shape index (κ2) is 10.5. The molecule has 3 aliphatic heterocycles. The zero-order chi connectivity index (χ0) is 37.2. The number of benzene rings is 7. The molecule has 1 aromatic heterocycles. The normalized spacial score (nSPS) is 17.8. The zero-order valence-electron chi connectivity index (χ0n) is 32.4. The second-order valence-electron chi connectivity index (χ2n) is 18.4. The molecule has 0 fully saturated rings. The molecule has 0 radical (unpaired) electrons. The number of hydrogen-bond donors (Lipinski definition) is 0. The van der Waals surface area contributed by atoms with Gasteiger partial charge in [0.1, 0.15) is 0 Å². The van der Waals surface area contributed by atoms with E-state index in [1.807, 2.05) is 11.3 Å². The van der Waals surface area contributed by atoms with Gasteiger partial charge in [-0.05, 0) is 110 Å². The number of fused-ring (bicyclic) bond motifs is 12. The quantitative estimate of drug-likeness (QED) is 0.155. The van der Waals surface area contributed by atoms with E-state index in [1.165, 1.54) is 117 Å². The van der Waals surface area contributed by atoms with Crippen LogP contribution in [0, 0.1) is 0 Å². The minimum Gasteiger partial charge on any atom is -0.376 e. The standard InChI is InChI=1S/C51H43BN2S/c1-49(2)24-25-50(3,4)40-27-31(22-23-37(40)49)54-43-29-45-35(33-16-9-12-21-44(33)55-45)28-34(43)36-26-30-14-7-8-15-32(30)47-46(36)52(54)41-19-13-18-39-48(41)53(47)42-20-11-10-17-38(42)51(39,5)6/h7-23,26-29H,24-25H2,1-6H3. The Hall–Kier alpha value is -5.32. The van der Waals surface area contributed by atoms with E-state index < -0.39 is 0 Å². The summed E-state index contributed by atoms with van der Waals surface area (Å²) in [7, 11) is 0. The first-order valence-electron chi connectivity index (χ1n) is 20.0. The lowest BCUT2D eigenvalue weighted by atomic mass is 9.42. The van der Waals surface area contributed by atoms with E-state index in [0.29, 0.717) is 0 Å². The molecular weight excluding hydrogens is 683 g/mol. The average Bonchev–Trinajstić information content (AvgIpc) is 3.56. The first-order valence-corrected chi connectivity index (χ1v) is 20.8. The first-order chi connectivity index (χ1) is 26.5. The Morgan fingerprint density at radius 2 is 1.25 bits per heavy atom. The van der Waals surface area contributed by atoms with E-state index in [4.69, 9.17) is 0 Å². The summed E-state index contributed by atoms with van der Waals surface area (Å²) in [5.74, 6) is 0. The third kappa shape index (κ3) is 4.06. The molecule has 0 saturated heterocycles. The van der Waals surface area contributed by atoms with Crippen molar-refractivity contribution < 1.29 is 0 Å². The maximum atomic E-state index is 2.75. The van der Waals surface area contributed by atoms with E-state index in [-0.39, 0.29) is 23.1 Å². The molecule has 266 valence electrons. The second-order valence-corrected chi connectivity index (χ2v) is 19.4. The first kappa shape index (κ1) is 32.0. The zero-order valence-corrected chi connectivity index (χ0v) is 33.2. The minimum absolute atomic E-state index is 0.0149. The lowest BCUT2D eigenvalue weighted by Gasteiger charge is -2.51. The monoisotopic (exact) mass is 726 g/mol. The molecule has 12 rings (SSSR count). The molecule has 1 aliphatic carbocycles. The fourth-order valence-corrected chi connectivity index (χ4v) is 12.2. The predicted molar refractivity (Wildman–Crippen MR) is 238 cm³/mol. The van der Waals surface area contributed by atoms with Crippen LogP contribution in [-0.2, 0) is 16.2 Å². The topological polar surface area (TPSA) is 6.48 Å². The fraction of sp³-hybridized carbons (Fsp3) is 0.216. The Bertz CT molecular complexity index is 3000. The van der Waals surface area contributed by atoms with Crippen LogP contribution in [0.5, 0.6) is 0 Å². The van der Waals surface area contributed by atoms with E-state index in [0.717, 1.165) is 0 Å². The molecule has 0 bridgehead atoms. The third-order valence-corrected chi connectivity index (χ3v) is 15.2. The van der Waals surface area contributed by atoms with Gasteiger partial charge in [-0.2, -0.15) is 0 Å². The van der Waals surface area contributed by atoms with Crippen LogP contribution in [0.3, 0.4) is 0 Å². The van der Waals surface area contributed by atoms with Gasteiger partial charge in [-0.25, -0.2) is 0 Å². The van der Waals surface area contributed by atoms with Gasteiger partial charge in [0, 0.05) is 53.6 Å². The van der Waals surface area contributed by atoms with E-state index in [1.54, 1.807) is 0 Å². The fourth-order valence-electron chi connectivity index (χ4n) is 11.1. The highest BCUT2D eigenvalue weighted by Crippen LogP contribution is 2.57. The smallest absolute Gasteiger partial charge is 0.333 e. The van der Waals surface area contributed by atoms with Gasteiger partial charge in [0.25, 0.3) is 0 Å². The van der Waals surface area contributed by atoms with Gasteiger partial charge in [-0.15, -0.1) is 11.3 Å². The SMILES string of the molecule is CC1(C)CCC(C)(C)c2cc(N3B4c5cccc6c5N(c5ccccc5C6(C)C)c5c4c(cc4ccccc54)-c4cc5c(cc43)sc3ccccc35)ccc21. The van der Waals surface area contributed by atoms with Crippen LogP contribution in [0.25, 0.3) is 42.1 Å². The largest absolute Gasteiger partial charge is 0.376 e. The van der Waals surface area contributed by atoms with Crippen molar-refractivity contribution in [2.75, 3.05) is 9.71 Å². The van der Waals surface area contributed by atoms with Gasteiger partial charge in [0.15, 0.2) is 0 Å². The molecule has 55 heavy (non-hydrogen) atoms. The molecule has 2 nitrogen and oxygen atoms in total. The van der Waals surface area contributed by atoms with Gasteiger partial charge >= 0.3 is 6.85 Å². The Kier molecular flexibility index (Phi) is 6.10. The van der Waals surface area contributed by atoms with Crippen molar-refractivity contribution in [1.82, 2.24) is 0 Å². The number of anilines is 5. The lowest BCUT2D eigenvalue weighted by Crippen LogP contribution is -2.62. The van der Waals surface area contributed by atoms with Gasteiger partial charge < -0.3 is 9.71 Å². The van der Waals surface area contributed by atoms with Gasteiger partial charge in [-0.1, -0.05) is 126 Å². The Labute approximate surface area is 328 Å². The van der Waals surface area contributed by atoms with Crippen molar-refractivity contribution in [3.05, 3.63) is 150 Å². The van der Waals surface area contributed by atoms with Crippen LogP contribution in [0.15, 0.2) is 127 Å². The molecule has 0 unspecified atom stereocenters. The molecule has 4 aliphatic rings. The van der Waals surface area contributed by atoms with Gasteiger partial charge in [-0.3, -0.25) is 0 Å². The van der Waals surface area contributed by atoms with Crippen molar-refractivity contribution in [2.45, 2.75) is 70.6 Å². The molecular formula is C51H43BN2S. The summed E-state index contributed by atoms with van der Waals surface area (Å²) >= 11 is 1.92. The average molecular weight is 727 g/mol. The summed E-state index contributed by atoms with van der Waals surface area (Å²) in [5, 5.41) is 5.27. The Morgan fingerprint density at radius 3 is 2.11 bits per heavy atom. The summed E-state index contributed by atoms with van der Waals surface area (Å²) < 4.78 is 2.69. The predicted octanol–water partition coefficient (Wildman–Crippen LogP) is 12.9. The van der Waals surface area contributed by atoms with Crippen LogP contribution in [0.4, 0.5) is 28.4 Å². The highest BCUT2D eigenvalue weighted by Gasteiger charge is 2.50. The highest BCUT2D eigenvalue weighted by molar-refractivity contribution is 7.25. The summed E-state index contributed by atoms with van der Waals surface area (Å²) in [4.78, 5) is 5.40. The molecule has 0 N–H and O–H groups in total. The van der Waals surface area contributed by atoms with Crippen molar-refractivity contribution >= 4 is 88.5 Å². The summed E-state index contributed by atoms with van der Waals surface area (Å²) in [6, 6.07) is 49.4. The molecule has 8 aromatic rings. The summed E-state index contributed by atoms with van der Waals surface area (Å²) in [6.45, 7) is 14.6. The number of nitrogens with zero attached hydrogens (tertiary/aromatic N) is 2. The molecule has 0 saturated carbocycles. The maximum Gasteiger partial charge on any atom is 0.333 e. The summed E-state index contributed by atoms with van der Waals surface area (Å²) in [6.07, 6.45) is 2.39. The highest BCUT2D eigenvalue weighted by atomic mass is 32.1. The van der Waals surface area contributed by atoms with Gasteiger partial charge in [0.2, 0.25) is 0 Å². The van der Waals surface area contributed by atoms with Crippen molar-refractivity contribution in [1.29, 1.82) is 0 Å². The van der Waals surface area contributed by atoms with Gasteiger partial charge in [0.05, 0.1) is 11.4 Å². The minimum atomic E-state index is -0.161. The molecule has 4 heteroatoms. The van der Waals surface area contributed by atoms with E-state index in [2.05, 4.69) is 179 Å². The summed E-state index contributed by atoms with van der Waals surface area (Å²) in [5.41, 5.74) is 17.8. The Morgan fingerprint density at radius 1 is 0.527 bits per heavy atom. The molecule has 4 heterocycles. The lowest BCUT2D eigenvalue weighted by molar-refractivity contribution is 0.332. The maximum absolute atomic E-state index is 2.75. The third-order valence-electron chi connectivity index (χ3n) is 14.1. The van der Waals surface area contributed by atoms with Crippen LogP contribution < -0.4 is 20.6 Å². The Balaban J connectivity index is 1.26. The molecule has 0 amide bonds. The molecule has 7 aromatic carbocycles. The number of thiophene rings is 1. The van der Waals surface area contributed by atoms with Crippen LogP contribution >= 0.6 is 11.3 Å². The number of para-hydroxylation sites is 2. The van der Waals surface area contributed by atoms with Crippen molar-refractivity contribution in [3.63, 3.8) is 0 Å². The van der Waals surface area contributed by atoms with E-state index >= 15 is 0 Å². The van der Waals surface area contributed by atoms with Crippen LogP contribution in [0.1, 0.15) is 76.6 Å². The van der Waals surface area contributed by atoms with Crippen molar-refractivity contribution in [2.24, 2.45) is 0 Å². The molecule has 0 spiro atoms. The van der Waals surface area contributed by atoms with Crippen molar-refractivity contribution in [3.8, 4) is 11.1 Å². The van der Waals surface area contributed by atoms with Crippen LogP contribution in [0.2, 0.25) is 0 Å². The number of rotatable bonds is 1. The van der Waals surface area contributed by atoms with E-state index in [9.17, 15) is 0 Å².